The Bertz CT molecular complexity index is 601. The van der Waals surface area contributed by atoms with Gasteiger partial charge in [-0.1, -0.05) is 30.1 Å². The minimum Gasteiger partial charge on any atom is -0.484 e. The first-order valence-electron chi connectivity index (χ1n) is 6.76. The summed E-state index contributed by atoms with van der Waals surface area (Å²) in [7, 11) is 1.87. The first-order valence-corrected chi connectivity index (χ1v) is 7.51. The Balaban J connectivity index is 2.14. The number of hydrogen-bond acceptors (Lipinski definition) is 4. The van der Waals surface area contributed by atoms with Crippen molar-refractivity contribution in [3.05, 3.63) is 39.9 Å². The van der Waals surface area contributed by atoms with Gasteiger partial charge in [-0.15, -0.1) is 10.2 Å². The van der Waals surface area contributed by atoms with Crippen LogP contribution >= 0.6 is 23.2 Å². The van der Waals surface area contributed by atoms with Gasteiger partial charge in [-0.25, -0.2) is 0 Å². The van der Waals surface area contributed by atoms with E-state index in [1.54, 1.807) is 17.0 Å². The van der Waals surface area contributed by atoms with Crippen molar-refractivity contribution < 1.29 is 4.74 Å². The quantitative estimate of drug-likeness (QED) is 0.793. The van der Waals surface area contributed by atoms with Gasteiger partial charge >= 0.3 is 0 Å². The van der Waals surface area contributed by atoms with Gasteiger partial charge in [0.05, 0.1) is 5.02 Å². The topological polar surface area (TPSA) is 52.0 Å². The SMILES string of the molecule is CCCNCc1cc(Cl)cc(Cl)c1OCc1nncn1C. The lowest BCUT2D eigenvalue weighted by atomic mass is 10.2. The summed E-state index contributed by atoms with van der Waals surface area (Å²) in [5.74, 6) is 1.36. The standard InChI is InChI=1S/C14H18Cl2N4O/c1-3-4-17-7-10-5-11(15)6-12(16)14(10)21-8-13-19-18-9-20(13)2/h5-6,9,17H,3-4,7-8H2,1-2H3. The number of aromatic nitrogens is 3. The Morgan fingerprint density at radius 1 is 1.33 bits per heavy atom. The third-order valence-electron chi connectivity index (χ3n) is 2.98. The number of halogens is 2. The molecule has 1 aromatic carbocycles. The average molecular weight is 329 g/mol. The smallest absolute Gasteiger partial charge is 0.170 e. The van der Waals surface area contributed by atoms with Gasteiger partial charge in [0.2, 0.25) is 0 Å². The average Bonchev–Trinajstić information content (AvgIpc) is 2.83. The van der Waals surface area contributed by atoms with Crippen LogP contribution in [0.25, 0.3) is 0 Å². The fourth-order valence-electron chi connectivity index (χ4n) is 1.88. The van der Waals surface area contributed by atoms with Gasteiger partial charge in [0.25, 0.3) is 0 Å². The van der Waals surface area contributed by atoms with Crippen molar-refractivity contribution in [1.29, 1.82) is 0 Å². The van der Waals surface area contributed by atoms with Gasteiger partial charge in [-0.3, -0.25) is 0 Å². The van der Waals surface area contributed by atoms with E-state index in [2.05, 4.69) is 22.4 Å². The highest BCUT2D eigenvalue weighted by atomic mass is 35.5. The zero-order valence-corrected chi connectivity index (χ0v) is 13.6. The number of aryl methyl sites for hydroxylation is 1. The lowest BCUT2D eigenvalue weighted by molar-refractivity contribution is 0.287. The molecule has 0 aliphatic carbocycles. The van der Waals surface area contributed by atoms with Crippen LogP contribution in [0.5, 0.6) is 5.75 Å². The highest BCUT2D eigenvalue weighted by molar-refractivity contribution is 6.35. The summed E-state index contributed by atoms with van der Waals surface area (Å²) in [4.78, 5) is 0. The number of ether oxygens (including phenoxy) is 1. The molecular formula is C14H18Cl2N4O. The monoisotopic (exact) mass is 328 g/mol. The Kier molecular flexibility index (Phi) is 5.85. The number of benzene rings is 1. The van der Waals surface area contributed by atoms with E-state index in [-0.39, 0.29) is 0 Å². The van der Waals surface area contributed by atoms with E-state index >= 15 is 0 Å². The van der Waals surface area contributed by atoms with E-state index in [9.17, 15) is 0 Å². The lowest BCUT2D eigenvalue weighted by Crippen LogP contribution is -2.15. The van der Waals surface area contributed by atoms with Crippen LogP contribution in [0.3, 0.4) is 0 Å². The molecule has 1 aromatic heterocycles. The number of rotatable bonds is 7. The van der Waals surface area contributed by atoms with Gasteiger partial charge in [-0.2, -0.15) is 0 Å². The fourth-order valence-corrected chi connectivity index (χ4v) is 2.47. The number of hydrogen-bond donors (Lipinski definition) is 1. The van der Waals surface area contributed by atoms with Crippen LogP contribution in [-0.2, 0) is 20.2 Å². The second-order valence-corrected chi connectivity index (χ2v) is 5.54. The van der Waals surface area contributed by atoms with E-state index in [1.165, 1.54) is 0 Å². The minimum atomic E-state index is 0.304. The molecule has 114 valence electrons. The third kappa shape index (κ3) is 4.33. The van der Waals surface area contributed by atoms with E-state index in [0.29, 0.717) is 28.9 Å². The minimum absolute atomic E-state index is 0.304. The van der Waals surface area contributed by atoms with Crippen LogP contribution in [0.15, 0.2) is 18.5 Å². The van der Waals surface area contributed by atoms with Crippen molar-refractivity contribution in [2.24, 2.45) is 7.05 Å². The van der Waals surface area contributed by atoms with Crippen LogP contribution in [0.4, 0.5) is 0 Å². The second-order valence-electron chi connectivity index (χ2n) is 4.70. The summed E-state index contributed by atoms with van der Waals surface area (Å²) in [5.41, 5.74) is 0.933. The first-order chi connectivity index (χ1) is 10.1. The van der Waals surface area contributed by atoms with Crippen molar-refractivity contribution >= 4 is 23.2 Å². The van der Waals surface area contributed by atoms with Crippen molar-refractivity contribution in [3.8, 4) is 5.75 Å². The Hall–Kier alpha value is -1.30. The molecule has 0 aliphatic rings. The zero-order chi connectivity index (χ0) is 15.2. The predicted molar refractivity (Wildman–Crippen MR) is 83.8 cm³/mol. The van der Waals surface area contributed by atoms with E-state index < -0.39 is 0 Å². The van der Waals surface area contributed by atoms with Gasteiger partial charge in [0.15, 0.2) is 5.82 Å². The Labute approximate surface area is 134 Å². The molecule has 0 aliphatic heterocycles. The summed E-state index contributed by atoms with van der Waals surface area (Å²) < 4.78 is 7.63. The molecule has 0 atom stereocenters. The second kappa shape index (κ2) is 7.64. The maximum absolute atomic E-state index is 6.25. The fraction of sp³-hybridized carbons (Fsp3) is 0.429. The maximum atomic E-state index is 6.25. The third-order valence-corrected chi connectivity index (χ3v) is 3.48. The highest BCUT2D eigenvalue weighted by Gasteiger charge is 2.12. The molecule has 0 fully saturated rings. The van der Waals surface area contributed by atoms with Crippen LogP contribution in [0.1, 0.15) is 24.7 Å². The zero-order valence-electron chi connectivity index (χ0n) is 12.1. The van der Waals surface area contributed by atoms with Gasteiger partial charge < -0.3 is 14.6 Å². The molecule has 0 bridgehead atoms. The van der Waals surface area contributed by atoms with Crippen LogP contribution in [0.2, 0.25) is 10.0 Å². The van der Waals surface area contributed by atoms with Crippen LogP contribution in [-0.4, -0.2) is 21.3 Å². The lowest BCUT2D eigenvalue weighted by Gasteiger charge is -2.14. The van der Waals surface area contributed by atoms with Crippen LogP contribution < -0.4 is 10.1 Å². The molecule has 2 aromatic rings. The summed E-state index contributed by atoms with van der Waals surface area (Å²) in [6, 6.07) is 3.54. The molecule has 21 heavy (non-hydrogen) atoms. The Morgan fingerprint density at radius 3 is 2.81 bits per heavy atom. The molecule has 0 amide bonds. The van der Waals surface area contributed by atoms with Crippen molar-refractivity contribution in [3.63, 3.8) is 0 Å². The molecule has 0 saturated carbocycles. The highest BCUT2D eigenvalue weighted by Crippen LogP contribution is 2.33. The molecule has 2 rings (SSSR count). The molecule has 0 radical (unpaired) electrons. The predicted octanol–water partition coefficient (Wildman–Crippen LogP) is 3.20. The van der Waals surface area contributed by atoms with Crippen LogP contribution in [0, 0.1) is 0 Å². The summed E-state index contributed by atoms with van der Waals surface area (Å²) in [6.07, 6.45) is 2.69. The summed E-state index contributed by atoms with van der Waals surface area (Å²) in [5, 5.41) is 12.2. The largest absolute Gasteiger partial charge is 0.484 e. The van der Waals surface area contributed by atoms with Crippen molar-refractivity contribution in [2.75, 3.05) is 6.54 Å². The normalized spacial score (nSPS) is 10.9. The molecule has 5 nitrogen and oxygen atoms in total. The molecule has 1 heterocycles. The molecule has 1 N–H and O–H groups in total. The van der Waals surface area contributed by atoms with Gasteiger partial charge in [0, 0.05) is 24.2 Å². The molecule has 0 unspecified atom stereocenters. The van der Waals surface area contributed by atoms with E-state index in [0.717, 1.165) is 24.4 Å². The van der Waals surface area contributed by atoms with Gasteiger partial charge in [-0.05, 0) is 25.1 Å². The molecular weight excluding hydrogens is 311 g/mol. The molecule has 0 saturated heterocycles. The molecule has 0 spiro atoms. The van der Waals surface area contributed by atoms with Crippen molar-refractivity contribution in [2.45, 2.75) is 26.5 Å². The molecule has 7 heteroatoms. The van der Waals surface area contributed by atoms with E-state index in [1.807, 2.05) is 13.1 Å². The Morgan fingerprint density at radius 2 is 2.14 bits per heavy atom. The first kappa shape index (κ1) is 16.1. The van der Waals surface area contributed by atoms with Gasteiger partial charge in [0.1, 0.15) is 18.7 Å². The number of nitrogens with one attached hydrogen (secondary N) is 1. The summed E-state index contributed by atoms with van der Waals surface area (Å²) >= 11 is 12.3. The maximum Gasteiger partial charge on any atom is 0.170 e. The summed E-state index contributed by atoms with van der Waals surface area (Å²) in [6.45, 7) is 4.00. The van der Waals surface area contributed by atoms with E-state index in [4.69, 9.17) is 27.9 Å². The van der Waals surface area contributed by atoms with Crippen molar-refractivity contribution in [1.82, 2.24) is 20.1 Å². The number of nitrogens with zero attached hydrogens (tertiary/aromatic N) is 3.